The molecule has 0 saturated heterocycles. The summed E-state index contributed by atoms with van der Waals surface area (Å²) in [6.45, 7) is 4.77. The third-order valence-electron chi connectivity index (χ3n) is 3.37. The number of aromatic nitrogens is 2. The number of nitrogens with zero attached hydrogens (tertiary/aromatic N) is 2. The Labute approximate surface area is 126 Å². The summed E-state index contributed by atoms with van der Waals surface area (Å²) in [5.41, 5.74) is 8.47. The summed E-state index contributed by atoms with van der Waals surface area (Å²) in [4.78, 5) is 12.9. The first-order valence-corrected chi connectivity index (χ1v) is 7.53. The van der Waals surface area contributed by atoms with Crippen molar-refractivity contribution in [2.24, 2.45) is 0 Å². The van der Waals surface area contributed by atoms with Crippen molar-refractivity contribution in [1.82, 2.24) is 9.78 Å². The number of carbonyl (C=O) groups excluding carboxylic acids is 1. The molecule has 3 aromatic rings. The molecule has 0 saturated carbocycles. The van der Waals surface area contributed by atoms with Crippen LogP contribution in [0.15, 0.2) is 30.6 Å². The number of benzene rings is 1. The lowest BCUT2D eigenvalue weighted by Gasteiger charge is -2.00. The lowest BCUT2D eigenvalue weighted by Crippen LogP contribution is -2.11. The number of nitrogen functional groups attached to an aromatic ring is 1. The molecule has 0 bridgehead atoms. The summed E-state index contributed by atoms with van der Waals surface area (Å²) in [5, 5.41) is 7.92. The monoisotopic (exact) mass is 300 g/mol. The fourth-order valence-electron chi connectivity index (χ4n) is 2.24. The lowest BCUT2D eigenvalue weighted by molar-refractivity contribution is 0.103. The Morgan fingerprint density at radius 3 is 2.95 bits per heavy atom. The Balaban J connectivity index is 1.94. The van der Waals surface area contributed by atoms with Crippen LogP contribution in [-0.4, -0.2) is 15.7 Å². The van der Waals surface area contributed by atoms with Crippen LogP contribution < -0.4 is 11.1 Å². The Morgan fingerprint density at radius 2 is 2.29 bits per heavy atom. The Hall–Kier alpha value is -2.34. The second kappa shape index (κ2) is 5.21. The van der Waals surface area contributed by atoms with Gasteiger partial charge in [-0.15, -0.1) is 11.3 Å². The smallest absolute Gasteiger partial charge is 0.267 e. The zero-order valence-corrected chi connectivity index (χ0v) is 12.7. The predicted octanol–water partition coefficient (Wildman–Crippen LogP) is 3.26. The molecular formula is C15H16N4OS. The second-order valence-corrected chi connectivity index (χ2v) is 5.86. The van der Waals surface area contributed by atoms with E-state index < -0.39 is 0 Å². The molecule has 3 rings (SSSR count). The van der Waals surface area contributed by atoms with Gasteiger partial charge in [0, 0.05) is 22.8 Å². The van der Waals surface area contributed by atoms with Crippen LogP contribution in [-0.2, 0) is 6.54 Å². The maximum absolute atomic E-state index is 12.4. The molecule has 1 aromatic carbocycles. The largest absolute Gasteiger partial charge is 0.397 e. The minimum atomic E-state index is -0.191. The summed E-state index contributed by atoms with van der Waals surface area (Å²) in [7, 11) is 0. The van der Waals surface area contributed by atoms with E-state index in [2.05, 4.69) is 10.4 Å². The van der Waals surface area contributed by atoms with Crippen LogP contribution in [0.2, 0.25) is 0 Å². The molecule has 1 amide bonds. The number of nitrogens with one attached hydrogen (secondary N) is 1. The van der Waals surface area contributed by atoms with Gasteiger partial charge in [-0.05, 0) is 19.4 Å². The highest BCUT2D eigenvalue weighted by Crippen LogP contribution is 2.35. The number of thiophene rings is 1. The Morgan fingerprint density at radius 1 is 1.48 bits per heavy atom. The quantitative estimate of drug-likeness (QED) is 0.779. The number of anilines is 2. The molecule has 5 nitrogen and oxygen atoms in total. The molecule has 0 fully saturated rings. The zero-order valence-electron chi connectivity index (χ0n) is 11.9. The Bertz CT molecular complexity index is 818. The van der Waals surface area contributed by atoms with Crippen LogP contribution in [0.3, 0.4) is 0 Å². The van der Waals surface area contributed by atoms with Gasteiger partial charge in [-0.25, -0.2) is 0 Å². The fourth-order valence-corrected chi connectivity index (χ4v) is 3.32. The van der Waals surface area contributed by atoms with E-state index in [4.69, 9.17) is 5.73 Å². The highest BCUT2D eigenvalue weighted by molar-refractivity contribution is 7.21. The number of rotatable bonds is 3. The van der Waals surface area contributed by atoms with E-state index in [1.54, 1.807) is 17.1 Å². The van der Waals surface area contributed by atoms with Crippen LogP contribution >= 0.6 is 11.3 Å². The van der Waals surface area contributed by atoms with Crippen molar-refractivity contribution in [2.75, 3.05) is 11.1 Å². The maximum atomic E-state index is 12.4. The van der Waals surface area contributed by atoms with Crippen LogP contribution in [0.4, 0.5) is 11.4 Å². The maximum Gasteiger partial charge on any atom is 0.267 e. The first-order chi connectivity index (χ1) is 10.1. The third kappa shape index (κ3) is 2.38. The molecule has 3 N–H and O–H groups in total. The summed E-state index contributed by atoms with van der Waals surface area (Å²) >= 11 is 1.43. The topological polar surface area (TPSA) is 72.9 Å². The summed E-state index contributed by atoms with van der Waals surface area (Å²) in [6, 6.07) is 5.92. The molecule has 0 aliphatic carbocycles. The van der Waals surface area contributed by atoms with Gasteiger partial charge in [0.25, 0.3) is 5.91 Å². The van der Waals surface area contributed by atoms with Crippen molar-refractivity contribution in [3.8, 4) is 0 Å². The zero-order chi connectivity index (χ0) is 15.0. The number of amides is 1. The molecule has 0 aliphatic heterocycles. The molecule has 0 radical (unpaired) electrons. The summed E-state index contributed by atoms with van der Waals surface area (Å²) < 4.78 is 2.82. The minimum absolute atomic E-state index is 0.191. The van der Waals surface area contributed by atoms with Crippen molar-refractivity contribution in [3.63, 3.8) is 0 Å². The first kappa shape index (κ1) is 13.6. The number of fused-ring (bicyclic) bond motifs is 1. The molecule has 21 heavy (non-hydrogen) atoms. The minimum Gasteiger partial charge on any atom is -0.397 e. The SMILES string of the molecule is CCn1cc(NC(=O)c2sc3c(C)cccc3c2N)cn1. The fraction of sp³-hybridized carbons (Fsp3) is 0.200. The standard InChI is InChI=1S/C15H16N4OS/c1-3-19-8-10(7-17-19)18-15(20)14-12(16)11-6-4-5-9(2)13(11)21-14/h4-8H,3,16H2,1-2H3,(H,18,20). The summed E-state index contributed by atoms with van der Waals surface area (Å²) in [5.74, 6) is -0.191. The van der Waals surface area contributed by atoms with Gasteiger partial charge in [-0.2, -0.15) is 5.10 Å². The molecule has 0 aliphatic rings. The number of nitrogens with two attached hydrogens (primary N) is 1. The first-order valence-electron chi connectivity index (χ1n) is 6.71. The molecule has 0 atom stereocenters. The van der Waals surface area contributed by atoms with E-state index in [9.17, 15) is 4.79 Å². The number of hydrogen-bond donors (Lipinski definition) is 2. The number of carbonyl (C=O) groups is 1. The van der Waals surface area contributed by atoms with Crippen molar-refractivity contribution in [2.45, 2.75) is 20.4 Å². The van der Waals surface area contributed by atoms with E-state index in [1.807, 2.05) is 32.0 Å². The van der Waals surface area contributed by atoms with Crippen LogP contribution in [0, 0.1) is 6.92 Å². The van der Waals surface area contributed by atoms with E-state index in [1.165, 1.54) is 11.3 Å². The van der Waals surface area contributed by atoms with Gasteiger partial charge in [0.2, 0.25) is 0 Å². The number of hydrogen-bond acceptors (Lipinski definition) is 4. The van der Waals surface area contributed by atoms with Crippen molar-refractivity contribution in [1.29, 1.82) is 0 Å². The molecule has 6 heteroatoms. The third-order valence-corrected chi connectivity index (χ3v) is 4.73. The predicted molar refractivity (Wildman–Crippen MR) is 86.8 cm³/mol. The van der Waals surface area contributed by atoms with Gasteiger partial charge in [0.15, 0.2) is 0 Å². The molecule has 2 heterocycles. The van der Waals surface area contributed by atoms with Gasteiger partial charge in [0.1, 0.15) is 4.88 Å². The van der Waals surface area contributed by atoms with Gasteiger partial charge >= 0.3 is 0 Å². The van der Waals surface area contributed by atoms with Crippen LogP contribution in [0.5, 0.6) is 0 Å². The normalized spacial score (nSPS) is 11.0. The van der Waals surface area contributed by atoms with Gasteiger partial charge in [-0.3, -0.25) is 9.48 Å². The summed E-state index contributed by atoms with van der Waals surface area (Å²) in [6.07, 6.45) is 3.43. The molecule has 108 valence electrons. The number of aryl methyl sites for hydroxylation is 2. The van der Waals surface area contributed by atoms with Crippen molar-refractivity contribution in [3.05, 3.63) is 41.0 Å². The van der Waals surface area contributed by atoms with Crippen molar-refractivity contribution >= 4 is 38.7 Å². The second-order valence-electron chi connectivity index (χ2n) is 4.84. The molecule has 0 spiro atoms. The van der Waals surface area contributed by atoms with Gasteiger partial charge in [0.05, 0.1) is 17.6 Å². The van der Waals surface area contributed by atoms with Gasteiger partial charge < -0.3 is 11.1 Å². The van der Waals surface area contributed by atoms with Gasteiger partial charge in [-0.1, -0.05) is 18.2 Å². The van der Waals surface area contributed by atoms with Crippen molar-refractivity contribution < 1.29 is 4.79 Å². The molecular weight excluding hydrogens is 284 g/mol. The van der Waals surface area contributed by atoms with E-state index in [-0.39, 0.29) is 5.91 Å². The van der Waals surface area contributed by atoms with E-state index >= 15 is 0 Å². The van der Waals surface area contributed by atoms with E-state index in [0.717, 1.165) is 22.2 Å². The highest BCUT2D eigenvalue weighted by atomic mass is 32.1. The molecule has 0 unspecified atom stereocenters. The average Bonchev–Trinajstić information content (AvgIpc) is 3.05. The lowest BCUT2D eigenvalue weighted by atomic mass is 10.1. The van der Waals surface area contributed by atoms with Crippen LogP contribution in [0.25, 0.3) is 10.1 Å². The average molecular weight is 300 g/mol. The Kier molecular flexibility index (Phi) is 3.39. The molecule has 2 aromatic heterocycles. The van der Waals surface area contributed by atoms with E-state index in [0.29, 0.717) is 16.3 Å². The highest BCUT2D eigenvalue weighted by Gasteiger charge is 2.17. The van der Waals surface area contributed by atoms with Crippen LogP contribution in [0.1, 0.15) is 22.2 Å².